The molecule has 1 saturated heterocycles. The monoisotopic (exact) mass is 432 g/mol. The number of carbonyl (C=O) groups is 1. The van der Waals surface area contributed by atoms with Gasteiger partial charge in [-0.25, -0.2) is 0 Å². The zero-order valence-electron chi connectivity index (χ0n) is 18.2. The predicted molar refractivity (Wildman–Crippen MR) is 123 cm³/mol. The number of piperazine rings is 1. The van der Waals surface area contributed by atoms with Crippen molar-refractivity contribution in [2.24, 2.45) is 0 Å². The number of carbonyl (C=O) groups excluding carboxylic acids is 1. The lowest BCUT2D eigenvalue weighted by atomic mass is 10.0. The van der Waals surface area contributed by atoms with E-state index in [1.165, 1.54) is 11.8 Å². The first kappa shape index (κ1) is 21.7. The number of pyridine rings is 1. The van der Waals surface area contributed by atoms with Gasteiger partial charge >= 0.3 is 0 Å². The highest BCUT2D eigenvalue weighted by atomic mass is 16.3. The van der Waals surface area contributed by atoms with Crippen molar-refractivity contribution in [1.82, 2.24) is 25.4 Å². The number of benzene rings is 1. The third kappa shape index (κ3) is 5.20. The van der Waals surface area contributed by atoms with Gasteiger partial charge in [-0.3, -0.25) is 14.7 Å². The molecule has 0 saturated carbocycles. The number of anilines is 1. The van der Waals surface area contributed by atoms with Crippen molar-refractivity contribution < 1.29 is 9.90 Å². The SMILES string of the molecule is CCCNC(=O)c1ccc(N2CCN(Cc3ccccc3-c3cncc(O)c3)CC2)nn1. The Hall–Kier alpha value is -3.52. The molecule has 2 N–H and O–H groups in total. The number of nitrogens with zero attached hydrogens (tertiary/aromatic N) is 5. The molecule has 166 valence electrons. The fourth-order valence-electron chi connectivity index (χ4n) is 3.83. The first-order chi connectivity index (χ1) is 15.6. The molecule has 0 unspecified atom stereocenters. The van der Waals surface area contributed by atoms with Crippen LogP contribution in [0.25, 0.3) is 11.1 Å². The summed E-state index contributed by atoms with van der Waals surface area (Å²) in [5, 5.41) is 21.0. The van der Waals surface area contributed by atoms with Gasteiger partial charge in [0.15, 0.2) is 11.5 Å². The van der Waals surface area contributed by atoms with Crippen molar-refractivity contribution in [2.45, 2.75) is 19.9 Å². The van der Waals surface area contributed by atoms with Gasteiger partial charge in [0, 0.05) is 51.0 Å². The Bertz CT molecular complexity index is 1050. The topological polar surface area (TPSA) is 94.5 Å². The summed E-state index contributed by atoms with van der Waals surface area (Å²) in [5.41, 5.74) is 3.55. The average molecular weight is 433 g/mol. The van der Waals surface area contributed by atoms with E-state index < -0.39 is 0 Å². The van der Waals surface area contributed by atoms with Gasteiger partial charge < -0.3 is 15.3 Å². The van der Waals surface area contributed by atoms with E-state index in [1.54, 1.807) is 18.3 Å². The Morgan fingerprint density at radius 2 is 1.88 bits per heavy atom. The highest BCUT2D eigenvalue weighted by Crippen LogP contribution is 2.27. The first-order valence-corrected chi connectivity index (χ1v) is 11.0. The minimum atomic E-state index is -0.184. The quantitative estimate of drug-likeness (QED) is 0.593. The van der Waals surface area contributed by atoms with Gasteiger partial charge in [0.2, 0.25) is 0 Å². The number of amides is 1. The van der Waals surface area contributed by atoms with E-state index in [0.29, 0.717) is 12.2 Å². The van der Waals surface area contributed by atoms with Crippen LogP contribution in [-0.2, 0) is 6.54 Å². The fourth-order valence-corrected chi connectivity index (χ4v) is 3.83. The van der Waals surface area contributed by atoms with Crippen LogP contribution in [0, 0.1) is 0 Å². The maximum Gasteiger partial charge on any atom is 0.271 e. The third-order valence-electron chi connectivity index (χ3n) is 5.56. The zero-order chi connectivity index (χ0) is 22.3. The molecular formula is C24H28N6O2. The maximum absolute atomic E-state index is 12.0. The molecule has 3 aromatic rings. The Balaban J connectivity index is 1.36. The summed E-state index contributed by atoms with van der Waals surface area (Å²) >= 11 is 0. The maximum atomic E-state index is 12.0. The van der Waals surface area contributed by atoms with Crippen LogP contribution >= 0.6 is 0 Å². The molecule has 8 heteroatoms. The minimum absolute atomic E-state index is 0.167. The summed E-state index contributed by atoms with van der Waals surface area (Å²) < 4.78 is 0. The lowest BCUT2D eigenvalue weighted by molar-refractivity contribution is 0.0947. The average Bonchev–Trinajstić information content (AvgIpc) is 2.83. The predicted octanol–water partition coefficient (Wildman–Crippen LogP) is 2.71. The van der Waals surface area contributed by atoms with Gasteiger partial charge in [-0.2, -0.15) is 0 Å². The van der Waals surface area contributed by atoms with E-state index in [2.05, 4.69) is 42.4 Å². The lowest BCUT2D eigenvalue weighted by Gasteiger charge is -2.35. The largest absolute Gasteiger partial charge is 0.506 e. The second kappa shape index (κ2) is 10.2. The van der Waals surface area contributed by atoms with Crippen LogP contribution in [0.5, 0.6) is 5.75 Å². The van der Waals surface area contributed by atoms with Crippen molar-refractivity contribution in [2.75, 3.05) is 37.6 Å². The molecule has 32 heavy (non-hydrogen) atoms. The van der Waals surface area contributed by atoms with E-state index >= 15 is 0 Å². The van der Waals surface area contributed by atoms with Crippen LogP contribution in [0.2, 0.25) is 0 Å². The van der Waals surface area contributed by atoms with Crippen LogP contribution in [0.1, 0.15) is 29.4 Å². The number of aromatic hydroxyl groups is 1. The molecule has 3 heterocycles. The molecule has 1 aliphatic rings. The number of nitrogens with one attached hydrogen (secondary N) is 1. The van der Waals surface area contributed by atoms with E-state index in [0.717, 1.165) is 56.1 Å². The van der Waals surface area contributed by atoms with Crippen molar-refractivity contribution in [1.29, 1.82) is 0 Å². The number of rotatable bonds is 7. The highest BCUT2D eigenvalue weighted by molar-refractivity contribution is 5.92. The Morgan fingerprint density at radius 3 is 2.59 bits per heavy atom. The summed E-state index contributed by atoms with van der Waals surface area (Å²) in [4.78, 5) is 20.7. The molecule has 0 spiro atoms. The van der Waals surface area contributed by atoms with Crippen molar-refractivity contribution >= 4 is 11.7 Å². The molecule has 1 fully saturated rings. The van der Waals surface area contributed by atoms with Crippen LogP contribution < -0.4 is 10.2 Å². The van der Waals surface area contributed by atoms with Crippen LogP contribution in [0.4, 0.5) is 5.82 Å². The van der Waals surface area contributed by atoms with Gasteiger partial charge in [0.25, 0.3) is 5.91 Å². The Labute approximate surface area is 187 Å². The van der Waals surface area contributed by atoms with E-state index in [1.807, 2.05) is 25.1 Å². The molecule has 0 aliphatic carbocycles. The van der Waals surface area contributed by atoms with E-state index in [4.69, 9.17) is 0 Å². The highest BCUT2D eigenvalue weighted by Gasteiger charge is 2.20. The molecule has 1 amide bonds. The van der Waals surface area contributed by atoms with Gasteiger partial charge in [-0.1, -0.05) is 31.2 Å². The van der Waals surface area contributed by atoms with Crippen LogP contribution in [0.3, 0.4) is 0 Å². The summed E-state index contributed by atoms with van der Waals surface area (Å²) in [6, 6.07) is 13.6. The zero-order valence-corrected chi connectivity index (χ0v) is 18.2. The minimum Gasteiger partial charge on any atom is -0.506 e. The fraction of sp³-hybridized carbons (Fsp3) is 0.333. The van der Waals surface area contributed by atoms with Gasteiger partial charge in [0.05, 0.1) is 6.20 Å². The van der Waals surface area contributed by atoms with Gasteiger partial charge in [-0.15, -0.1) is 10.2 Å². The van der Waals surface area contributed by atoms with Gasteiger partial charge in [0.1, 0.15) is 5.75 Å². The normalized spacial score (nSPS) is 14.3. The Kier molecular flexibility index (Phi) is 6.91. The second-order valence-corrected chi connectivity index (χ2v) is 7.88. The van der Waals surface area contributed by atoms with Crippen LogP contribution in [-0.4, -0.2) is 63.8 Å². The van der Waals surface area contributed by atoms with Crippen molar-refractivity contribution in [3.8, 4) is 16.9 Å². The molecular weight excluding hydrogens is 404 g/mol. The molecule has 0 atom stereocenters. The van der Waals surface area contributed by atoms with Gasteiger partial charge in [-0.05, 0) is 35.7 Å². The molecule has 4 rings (SSSR count). The molecule has 2 aromatic heterocycles. The van der Waals surface area contributed by atoms with E-state index in [9.17, 15) is 9.90 Å². The molecule has 1 aliphatic heterocycles. The van der Waals surface area contributed by atoms with Crippen molar-refractivity contribution in [3.63, 3.8) is 0 Å². The number of hydrogen-bond acceptors (Lipinski definition) is 7. The summed E-state index contributed by atoms with van der Waals surface area (Å²) in [7, 11) is 0. The first-order valence-electron chi connectivity index (χ1n) is 11.0. The number of hydrogen-bond donors (Lipinski definition) is 2. The third-order valence-corrected chi connectivity index (χ3v) is 5.56. The Morgan fingerprint density at radius 1 is 1.06 bits per heavy atom. The summed E-state index contributed by atoms with van der Waals surface area (Å²) in [6.07, 6.45) is 4.11. The summed E-state index contributed by atoms with van der Waals surface area (Å²) in [5.74, 6) is 0.778. The molecule has 1 aromatic carbocycles. The summed E-state index contributed by atoms with van der Waals surface area (Å²) in [6.45, 7) is 6.94. The standard InChI is InChI=1S/C24H28N6O2/c1-2-9-26-24(32)22-7-8-23(28-27-22)30-12-10-29(11-13-30)17-18-5-3-4-6-21(18)19-14-20(31)16-25-15-19/h3-8,14-16,31H,2,9-13,17H2,1H3,(H,26,32). The van der Waals surface area contributed by atoms with Crippen LogP contribution in [0.15, 0.2) is 54.9 Å². The van der Waals surface area contributed by atoms with E-state index in [-0.39, 0.29) is 11.7 Å². The molecule has 0 radical (unpaired) electrons. The smallest absolute Gasteiger partial charge is 0.271 e. The molecule has 0 bridgehead atoms. The molecule has 8 nitrogen and oxygen atoms in total. The lowest BCUT2D eigenvalue weighted by Crippen LogP contribution is -2.46. The second-order valence-electron chi connectivity index (χ2n) is 7.88. The number of aromatic nitrogens is 3. The van der Waals surface area contributed by atoms with Crippen molar-refractivity contribution in [3.05, 3.63) is 66.1 Å².